The summed E-state index contributed by atoms with van der Waals surface area (Å²) >= 11 is 0. The van der Waals surface area contributed by atoms with Crippen LogP contribution in [-0.4, -0.2) is 106 Å². The Balaban J connectivity index is 0.00000118. The number of fused-ring (bicyclic) bond motifs is 1. The van der Waals surface area contributed by atoms with E-state index in [0.29, 0.717) is 17.4 Å². The first-order valence-electron chi connectivity index (χ1n) is 13.1. The number of hydrogen-bond donors (Lipinski definition) is 1. The average molecular weight is 574 g/mol. The molecule has 1 aromatic heterocycles. The van der Waals surface area contributed by atoms with E-state index in [4.69, 9.17) is 19.4 Å². The molecule has 0 bridgehead atoms. The first-order valence-corrected chi connectivity index (χ1v) is 14.5. The van der Waals surface area contributed by atoms with E-state index in [9.17, 15) is 13.2 Å². The maximum absolute atomic E-state index is 13.9. The summed E-state index contributed by atoms with van der Waals surface area (Å²) in [5.74, 6) is -0.648. The highest BCUT2D eigenvalue weighted by Crippen LogP contribution is 2.30. The number of likely N-dealkylation sites (N-methyl/N-ethyl adjacent to an activating group) is 1. The lowest BCUT2D eigenvalue weighted by Crippen LogP contribution is -2.44. The summed E-state index contributed by atoms with van der Waals surface area (Å²) in [7, 11) is -0.335. The second-order valence-corrected chi connectivity index (χ2v) is 11.4. The zero-order valence-electron chi connectivity index (χ0n) is 22.9. The third-order valence-corrected chi connectivity index (χ3v) is 8.74. The van der Waals surface area contributed by atoms with E-state index in [1.807, 2.05) is 12.1 Å². The Kier molecular flexibility index (Phi) is 9.28. The second-order valence-electron chi connectivity index (χ2n) is 9.60. The molecular formula is C27H35N5O7S. The number of piperazine rings is 1. The summed E-state index contributed by atoms with van der Waals surface area (Å²) in [5, 5.41) is 11.6. The molecule has 0 saturated carbocycles. The van der Waals surface area contributed by atoms with Gasteiger partial charge in [0.1, 0.15) is 0 Å². The van der Waals surface area contributed by atoms with Gasteiger partial charge in [-0.1, -0.05) is 6.07 Å². The number of methoxy groups -OCH3 is 1. The summed E-state index contributed by atoms with van der Waals surface area (Å²) in [6.07, 6.45) is 1.00. The smallest absolute Gasteiger partial charge is 0.359 e. The number of benzene rings is 2. The predicted molar refractivity (Wildman–Crippen MR) is 151 cm³/mol. The molecule has 3 heterocycles. The molecule has 12 nitrogen and oxygen atoms in total. The fraction of sp³-hybridized carbons (Fsp3) is 0.444. The number of ether oxygens (including phenoxy) is 2. The van der Waals surface area contributed by atoms with Crippen LogP contribution in [0.2, 0.25) is 0 Å². The van der Waals surface area contributed by atoms with Gasteiger partial charge in [-0.3, -0.25) is 4.79 Å². The second kappa shape index (κ2) is 12.7. The normalized spacial score (nSPS) is 17.9. The van der Waals surface area contributed by atoms with Gasteiger partial charge in [0.2, 0.25) is 0 Å². The summed E-state index contributed by atoms with van der Waals surface area (Å²) in [6, 6.07) is 12.3. The molecule has 2 aliphatic heterocycles. The van der Waals surface area contributed by atoms with Gasteiger partial charge < -0.3 is 29.3 Å². The van der Waals surface area contributed by atoms with Crippen molar-refractivity contribution in [2.75, 3.05) is 69.8 Å². The number of nitrogens with zero attached hydrogens (tertiary/aromatic N) is 5. The van der Waals surface area contributed by atoms with Crippen LogP contribution >= 0.6 is 0 Å². The van der Waals surface area contributed by atoms with Crippen molar-refractivity contribution in [1.29, 1.82) is 0 Å². The number of carbonyl (C=O) groups is 2. The SMILES string of the molecule is CCOC(=O)c1nn(S(=O)(=O)c2cccc(N3CCC(OC)C3)c2)c2cc(N3CCN(C)CC3)ccc12.O=CO. The molecule has 13 heteroatoms. The molecule has 3 aromatic rings. The van der Waals surface area contributed by atoms with Crippen LogP contribution < -0.4 is 9.80 Å². The average Bonchev–Trinajstić information content (AvgIpc) is 3.59. The fourth-order valence-corrected chi connectivity index (χ4v) is 6.29. The van der Waals surface area contributed by atoms with Gasteiger partial charge in [0.25, 0.3) is 16.5 Å². The van der Waals surface area contributed by atoms with Gasteiger partial charge in [-0.15, -0.1) is 5.10 Å². The van der Waals surface area contributed by atoms with Gasteiger partial charge in [0.15, 0.2) is 5.69 Å². The van der Waals surface area contributed by atoms with Gasteiger partial charge in [-0.25, -0.2) is 4.79 Å². The number of carboxylic acid groups (broad SMARTS) is 1. The van der Waals surface area contributed by atoms with Crippen molar-refractivity contribution in [3.05, 3.63) is 48.2 Å². The van der Waals surface area contributed by atoms with Crippen molar-refractivity contribution in [3.63, 3.8) is 0 Å². The Bertz CT molecular complexity index is 1450. The number of hydrogen-bond acceptors (Lipinski definition) is 10. The standard InChI is InChI=1S/C26H33N5O5S.CH2O2/c1-4-36-26(32)25-23-9-8-20(29-14-12-28(2)13-15-29)17-24(23)31(27-25)37(33,34)22-7-5-6-19(16-22)30-11-10-21(18-30)35-3;2-1-3/h5-9,16-17,21H,4,10-15,18H2,1-3H3;1H,(H,2,3). The highest BCUT2D eigenvalue weighted by Gasteiger charge is 2.29. The molecule has 2 fully saturated rings. The summed E-state index contributed by atoms with van der Waals surface area (Å²) in [5.41, 5.74) is 2.04. The Morgan fingerprint density at radius 2 is 1.77 bits per heavy atom. The Labute approximate surface area is 233 Å². The van der Waals surface area contributed by atoms with Crippen molar-refractivity contribution in [2.45, 2.75) is 24.3 Å². The molecule has 2 aliphatic rings. The minimum atomic E-state index is -4.11. The number of aromatic nitrogens is 2. The number of rotatable bonds is 7. The Morgan fingerprint density at radius 3 is 2.42 bits per heavy atom. The Hall–Kier alpha value is -3.68. The molecule has 1 atom stereocenters. The summed E-state index contributed by atoms with van der Waals surface area (Å²) in [4.78, 5) is 27.8. The van der Waals surface area contributed by atoms with Gasteiger partial charge in [0, 0.05) is 63.1 Å². The van der Waals surface area contributed by atoms with Crippen molar-refractivity contribution in [3.8, 4) is 0 Å². The predicted octanol–water partition coefficient (Wildman–Crippen LogP) is 2.13. The van der Waals surface area contributed by atoms with Crippen molar-refractivity contribution < 1.29 is 32.6 Å². The number of esters is 1. The van der Waals surface area contributed by atoms with Crippen LogP contribution in [0.4, 0.5) is 11.4 Å². The molecule has 0 radical (unpaired) electrons. The molecule has 40 heavy (non-hydrogen) atoms. The van der Waals surface area contributed by atoms with E-state index in [0.717, 1.165) is 54.6 Å². The lowest BCUT2D eigenvalue weighted by molar-refractivity contribution is -0.122. The zero-order valence-corrected chi connectivity index (χ0v) is 23.7. The van der Waals surface area contributed by atoms with E-state index in [1.165, 1.54) is 0 Å². The minimum Gasteiger partial charge on any atom is -0.483 e. The molecule has 2 aromatic carbocycles. The first kappa shape index (κ1) is 29.3. The summed E-state index contributed by atoms with van der Waals surface area (Å²) < 4.78 is 39.5. The zero-order chi connectivity index (χ0) is 28.9. The third-order valence-electron chi connectivity index (χ3n) is 7.16. The lowest BCUT2D eigenvalue weighted by Gasteiger charge is -2.34. The highest BCUT2D eigenvalue weighted by molar-refractivity contribution is 7.90. The van der Waals surface area contributed by atoms with E-state index in [2.05, 4.69) is 26.8 Å². The Morgan fingerprint density at radius 1 is 1.07 bits per heavy atom. The van der Waals surface area contributed by atoms with Crippen molar-refractivity contribution in [1.82, 2.24) is 14.1 Å². The van der Waals surface area contributed by atoms with Crippen molar-refractivity contribution >= 4 is 44.7 Å². The van der Waals surface area contributed by atoms with Gasteiger partial charge in [-0.05, 0) is 56.8 Å². The van der Waals surface area contributed by atoms with Crippen LogP contribution in [0.3, 0.4) is 0 Å². The fourth-order valence-electron chi connectivity index (χ4n) is 4.97. The molecule has 5 rings (SSSR count). The van der Waals surface area contributed by atoms with Crippen LogP contribution in [0.5, 0.6) is 0 Å². The number of anilines is 2. The quantitative estimate of drug-likeness (QED) is 0.329. The highest BCUT2D eigenvalue weighted by atomic mass is 32.2. The number of carbonyl (C=O) groups excluding carboxylic acids is 1. The molecule has 1 unspecified atom stereocenters. The monoisotopic (exact) mass is 573 g/mol. The van der Waals surface area contributed by atoms with Crippen LogP contribution in [0, 0.1) is 0 Å². The van der Waals surface area contributed by atoms with E-state index < -0.39 is 16.0 Å². The van der Waals surface area contributed by atoms with E-state index in [-0.39, 0.29) is 29.8 Å². The molecule has 0 spiro atoms. The van der Waals surface area contributed by atoms with Crippen LogP contribution in [-0.2, 0) is 24.3 Å². The van der Waals surface area contributed by atoms with Crippen molar-refractivity contribution in [2.24, 2.45) is 0 Å². The molecule has 0 amide bonds. The molecular weight excluding hydrogens is 538 g/mol. The first-order chi connectivity index (χ1) is 19.2. The van der Waals surface area contributed by atoms with Gasteiger partial charge in [-0.2, -0.15) is 12.5 Å². The minimum absolute atomic E-state index is 0.0102. The molecule has 1 N–H and O–H groups in total. The third kappa shape index (κ3) is 6.06. The van der Waals surface area contributed by atoms with E-state index in [1.54, 1.807) is 44.4 Å². The van der Waals surface area contributed by atoms with Crippen LogP contribution in [0.15, 0.2) is 47.4 Å². The van der Waals surface area contributed by atoms with Crippen LogP contribution in [0.1, 0.15) is 23.8 Å². The van der Waals surface area contributed by atoms with Gasteiger partial charge in [0.05, 0.1) is 23.1 Å². The largest absolute Gasteiger partial charge is 0.483 e. The molecule has 2 saturated heterocycles. The lowest BCUT2D eigenvalue weighted by atomic mass is 10.1. The maximum Gasteiger partial charge on any atom is 0.359 e. The van der Waals surface area contributed by atoms with Crippen LogP contribution in [0.25, 0.3) is 10.9 Å². The summed E-state index contributed by atoms with van der Waals surface area (Å²) in [6.45, 7) is 6.59. The maximum atomic E-state index is 13.9. The molecule has 0 aliphatic carbocycles. The van der Waals surface area contributed by atoms with Gasteiger partial charge >= 0.3 is 5.97 Å². The topological polar surface area (TPSA) is 135 Å². The van der Waals surface area contributed by atoms with E-state index >= 15 is 0 Å². The molecule has 216 valence electrons.